The number of hydrogen-bond donors (Lipinski definition) is 2. The third kappa shape index (κ3) is 3.59. The number of aromatic nitrogens is 4. The fourth-order valence-corrected chi connectivity index (χ4v) is 3.22. The summed E-state index contributed by atoms with van der Waals surface area (Å²) in [5.74, 6) is -0.311. The molecule has 0 fully saturated rings. The molecular weight excluding hydrogens is 344 g/mol. The Kier molecular flexibility index (Phi) is 4.69. The largest absolute Gasteiger partial charge is 0.348 e. The second-order valence-electron chi connectivity index (χ2n) is 6.45. The van der Waals surface area contributed by atoms with Crippen LogP contribution in [0, 0.1) is 0 Å². The van der Waals surface area contributed by atoms with Crippen molar-refractivity contribution in [1.82, 2.24) is 30.2 Å². The number of aromatic amines is 1. The molecule has 2 N–H and O–H groups in total. The molecule has 0 atom stereocenters. The van der Waals surface area contributed by atoms with Crippen LogP contribution < -0.4 is 5.32 Å². The van der Waals surface area contributed by atoms with E-state index in [0.29, 0.717) is 37.4 Å². The third-order valence-corrected chi connectivity index (χ3v) is 4.65. The number of carbonyl (C=O) groups is 2. The van der Waals surface area contributed by atoms with Gasteiger partial charge in [-0.3, -0.25) is 19.4 Å². The molecule has 0 saturated heterocycles. The monoisotopic (exact) mass is 364 g/mol. The Morgan fingerprint density at radius 1 is 1.15 bits per heavy atom. The van der Waals surface area contributed by atoms with Crippen LogP contribution in [0.1, 0.15) is 38.5 Å². The van der Waals surface area contributed by atoms with Gasteiger partial charge < -0.3 is 10.2 Å². The van der Waals surface area contributed by atoms with Gasteiger partial charge in [-0.15, -0.1) is 0 Å². The van der Waals surface area contributed by atoms with Crippen LogP contribution in [0.5, 0.6) is 0 Å². The number of nitrogens with one attached hydrogen (secondary N) is 2. The fraction of sp³-hybridized carbons (Fsp3) is 0.263. The van der Waals surface area contributed by atoms with Crippen LogP contribution in [0.25, 0.3) is 0 Å². The van der Waals surface area contributed by atoms with Crippen LogP contribution in [0.3, 0.4) is 0 Å². The Balaban J connectivity index is 1.51. The highest BCUT2D eigenvalue weighted by atomic mass is 16.2. The van der Waals surface area contributed by atoms with Crippen molar-refractivity contribution in [2.75, 3.05) is 6.54 Å². The molecular formula is C19H20N6O2. The smallest absolute Gasteiger partial charge is 0.272 e. The first kappa shape index (κ1) is 17.0. The molecule has 0 radical (unpaired) electrons. The molecule has 138 valence electrons. The number of H-pyrrole nitrogens is 1. The standard InChI is InChI=1S/C19H20N6O2/c26-18(20-11-14-5-2-1-3-6-14)15-12-22-25-10-4-9-24(13-17(15)25)19(27)16-7-8-21-23-16/h1-3,5-8,12H,4,9-11,13H2,(H,20,26)(H,21,23). The molecule has 1 aliphatic rings. The topological polar surface area (TPSA) is 95.9 Å². The lowest BCUT2D eigenvalue weighted by Crippen LogP contribution is -2.32. The van der Waals surface area contributed by atoms with E-state index >= 15 is 0 Å². The van der Waals surface area contributed by atoms with E-state index in [1.165, 1.54) is 0 Å². The summed E-state index contributed by atoms with van der Waals surface area (Å²) >= 11 is 0. The van der Waals surface area contributed by atoms with E-state index in [-0.39, 0.29) is 11.8 Å². The van der Waals surface area contributed by atoms with E-state index in [4.69, 9.17) is 0 Å². The number of amides is 2. The Bertz CT molecular complexity index is 933. The summed E-state index contributed by atoms with van der Waals surface area (Å²) in [6.45, 7) is 2.06. The van der Waals surface area contributed by atoms with Crippen molar-refractivity contribution < 1.29 is 9.59 Å². The maximum absolute atomic E-state index is 12.7. The maximum atomic E-state index is 12.7. The summed E-state index contributed by atoms with van der Waals surface area (Å²) in [4.78, 5) is 27.1. The summed E-state index contributed by atoms with van der Waals surface area (Å²) in [7, 11) is 0. The average Bonchev–Trinajstić information content (AvgIpc) is 3.32. The molecule has 0 spiro atoms. The van der Waals surface area contributed by atoms with E-state index in [1.54, 1.807) is 23.4 Å². The van der Waals surface area contributed by atoms with Gasteiger partial charge in [0.15, 0.2) is 0 Å². The van der Waals surface area contributed by atoms with Crippen LogP contribution in [0.4, 0.5) is 0 Å². The fourth-order valence-electron chi connectivity index (χ4n) is 3.22. The normalized spacial score (nSPS) is 13.7. The van der Waals surface area contributed by atoms with Gasteiger partial charge in [0, 0.05) is 25.8 Å². The summed E-state index contributed by atoms with van der Waals surface area (Å²) in [5, 5.41) is 13.8. The van der Waals surface area contributed by atoms with Crippen molar-refractivity contribution in [1.29, 1.82) is 0 Å². The predicted molar refractivity (Wildman–Crippen MR) is 97.8 cm³/mol. The van der Waals surface area contributed by atoms with Gasteiger partial charge in [0.25, 0.3) is 11.8 Å². The molecule has 2 amide bonds. The number of nitrogens with zero attached hydrogens (tertiary/aromatic N) is 4. The molecule has 0 aliphatic carbocycles. The van der Waals surface area contributed by atoms with E-state index in [9.17, 15) is 9.59 Å². The summed E-state index contributed by atoms with van der Waals surface area (Å²) in [6.07, 6.45) is 3.91. The Morgan fingerprint density at radius 3 is 2.78 bits per heavy atom. The quantitative estimate of drug-likeness (QED) is 0.735. The number of carbonyl (C=O) groups excluding carboxylic acids is 2. The molecule has 8 heteroatoms. The van der Waals surface area contributed by atoms with Crippen LogP contribution in [-0.4, -0.2) is 43.2 Å². The van der Waals surface area contributed by atoms with Gasteiger partial charge in [0.05, 0.1) is 24.0 Å². The summed E-state index contributed by atoms with van der Waals surface area (Å²) in [5.41, 5.74) is 2.74. The Hall–Kier alpha value is -3.42. The molecule has 4 rings (SSSR count). The van der Waals surface area contributed by atoms with Gasteiger partial charge in [0.1, 0.15) is 5.69 Å². The molecule has 0 bridgehead atoms. The minimum atomic E-state index is -0.184. The van der Waals surface area contributed by atoms with E-state index in [1.807, 2.05) is 35.0 Å². The minimum absolute atomic E-state index is 0.127. The highest BCUT2D eigenvalue weighted by Gasteiger charge is 2.26. The molecule has 27 heavy (non-hydrogen) atoms. The molecule has 8 nitrogen and oxygen atoms in total. The number of rotatable bonds is 4. The number of benzene rings is 1. The molecule has 2 aromatic heterocycles. The van der Waals surface area contributed by atoms with Crippen molar-refractivity contribution in [2.45, 2.75) is 26.1 Å². The SMILES string of the molecule is O=C(NCc1ccccc1)c1cnn2c1CN(C(=O)c1ccn[nH]1)CCC2. The maximum Gasteiger partial charge on any atom is 0.272 e. The van der Waals surface area contributed by atoms with E-state index in [0.717, 1.165) is 17.7 Å². The van der Waals surface area contributed by atoms with Crippen LogP contribution in [0.2, 0.25) is 0 Å². The van der Waals surface area contributed by atoms with E-state index in [2.05, 4.69) is 20.6 Å². The van der Waals surface area contributed by atoms with Crippen LogP contribution >= 0.6 is 0 Å². The zero-order valence-electron chi connectivity index (χ0n) is 14.8. The van der Waals surface area contributed by atoms with Gasteiger partial charge in [-0.25, -0.2) is 0 Å². The zero-order valence-corrected chi connectivity index (χ0v) is 14.8. The van der Waals surface area contributed by atoms with Crippen LogP contribution in [-0.2, 0) is 19.6 Å². The first-order valence-corrected chi connectivity index (χ1v) is 8.88. The lowest BCUT2D eigenvalue weighted by atomic mass is 10.2. The lowest BCUT2D eigenvalue weighted by molar-refractivity contribution is 0.0737. The van der Waals surface area contributed by atoms with Gasteiger partial charge in [0.2, 0.25) is 0 Å². The molecule has 3 aromatic rings. The van der Waals surface area contributed by atoms with Crippen molar-refractivity contribution in [3.8, 4) is 0 Å². The first-order chi connectivity index (χ1) is 13.2. The van der Waals surface area contributed by atoms with Gasteiger partial charge in [-0.1, -0.05) is 30.3 Å². The van der Waals surface area contributed by atoms with Gasteiger partial charge in [-0.05, 0) is 18.1 Å². The zero-order chi connectivity index (χ0) is 18.6. The summed E-state index contributed by atoms with van der Waals surface area (Å²) < 4.78 is 1.82. The minimum Gasteiger partial charge on any atom is -0.348 e. The number of aryl methyl sites for hydroxylation is 1. The number of hydrogen-bond acceptors (Lipinski definition) is 4. The highest BCUT2D eigenvalue weighted by molar-refractivity contribution is 5.96. The highest BCUT2D eigenvalue weighted by Crippen LogP contribution is 2.18. The first-order valence-electron chi connectivity index (χ1n) is 8.88. The predicted octanol–water partition coefficient (Wildman–Crippen LogP) is 1.58. The van der Waals surface area contributed by atoms with Crippen molar-refractivity contribution in [3.63, 3.8) is 0 Å². The number of fused-ring (bicyclic) bond motifs is 1. The summed E-state index contributed by atoms with van der Waals surface area (Å²) in [6, 6.07) is 11.4. The second kappa shape index (κ2) is 7.45. The average molecular weight is 364 g/mol. The molecule has 3 heterocycles. The van der Waals surface area contributed by atoms with Crippen LogP contribution in [0.15, 0.2) is 48.8 Å². The third-order valence-electron chi connectivity index (χ3n) is 4.65. The van der Waals surface area contributed by atoms with E-state index < -0.39 is 0 Å². The van der Waals surface area contributed by atoms with Crippen molar-refractivity contribution in [3.05, 3.63) is 71.3 Å². The Morgan fingerprint density at radius 2 is 2.00 bits per heavy atom. The lowest BCUT2D eigenvalue weighted by Gasteiger charge is -2.19. The van der Waals surface area contributed by atoms with Gasteiger partial charge in [-0.2, -0.15) is 10.2 Å². The Labute approximate surface area is 156 Å². The molecule has 0 unspecified atom stereocenters. The van der Waals surface area contributed by atoms with Crippen molar-refractivity contribution in [2.24, 2.45) is 0 Å². The van der Waals surface area contributed by atoms with Crippen molar-refractivity contribution >= 4 is 11.8 Å². The molecule has 0 saturated carbocycles. The molecule has 1 aromatic carbocycles. The van der Waals surface area contributed by atoms with Gasteiger partial charge >= 0.3 is 0 Å². The molecule has 1 aliphatic heterocycles. The second-order valence-corrected chi connectivity index (χ2v) is 6.45.